The van der Waals surface area contributed by atoms with Crippen LogP contribution in [-0.4, -0.2) is 20.7 Å². The highest BCUT2D eigenvalue weighted by Gasteiger charge is 2.17. The minimum Gasteiger partial charge on any atom is -0.322 e. The summed E-state index contributed by atoms with van der Waals surface area (Å²) < 4.78 is 1.78. The molecular formula is C23H21ClN4O. The SMILES string of the molecule is CC(C)c1ccc(NC(=O)c2cnc3c(cnn3Cc3ccccc3)c2Cl)cc1. The summed E-state index contributed by atoms with van der Waals surface area (Å²) in [4.78, 5) is 17.2. The van der Waals surface area contributed by atoms with Crippen LogP contribution in [0.15, 0.2) is 67.0 Å². The van der Waals surface area contributed by atoms with Crippen molar-refractivity contribution in [1.29, 1.82) is 0 Å². The normalized spacial score (nSPS) is 11.2. The Morgan fingerprint density at radius 1 is 1.07 bits per heavy atom. The Morgan fingerprint density at radius 2 is 1.79 bits per heavy atom. The smallest absolute Gasteiger partial charge is 0.258 e. The second-order valence-electron chi connectivity index (χ2n) is 7.24. The van der Waals surface area contributed by atoms with Crippen molar-refractivity contribution in [2.24, 2.45) is 0 Å². The number of fused-ring (bicyclic) bond motifs is 1. The molecule has 2 heterocycles. The van der Waals surface area contributed by atoms with Crippen molar-refractivity contribution >= 4 is 34.2 Å². The Bertz CT molecular complexity index is 1150. The number of halogens is 1. The number of benzene rings is 2. The molecular weight excluding hydrogens is 384 g/mol. The molecule has 1 N–H and O–H groups in total. The molecule has 0 bridgehead atoms. The molecule has 4 rings (SSSR count). The number of hydrogen-bond donors (Lipinski definition) is 1. The van der Waals surface area contributed by atoms with Crippen LogP contribution >= 0.6 is 11.6 Å². The highest BCUT2D eigenvalue weighted by molar-refractivity contribution is 6.38. The average molecular weight is 405 g/mol. The van der Waals surface area contributed by atoms with Gasteiger partial charge in [0.05, 0.1) is 28.7 Å². The van der Waals surface area contributed by atoms with E-state index in [1.807, 2.05) is 54.6 Å². The summed E-state index contributed by atoms with van der Waals surface area (Å²) in [5.41, 5.74) is 4.02. The molecule has 29 heavy (non-hydrogen) atoms. The first-order valence-electron chi connectivity index (χ1n) is 9.48. The molecule has 4 aromatic rings. The van der Waals surface area contributed by atoms with Crippen LogP contribution < -0.4 is 5.32 Å². The van der Waals surface area contributed by atoms with Gasteiger partial charge in [0, 0.05) is 11.9 Å². The van der Waals surface area contributed by atoms with Crippen molar-refractivity contribution in [3.8, 4) is 0 Å². The zero-order valence-corrected chi connectivity index (χ0v) is 17.0. The van der Waals surface area contributed by atoms with E-state index in [4.69, 9.17) is 11.6 Å². The van der Waals surface area contributed by atoms with E-state index in [1.54, 1.807) is 10.9 Å². The second kappa shape index (κ2) is 8.05. The number of rotatable bonds is 5. The number of hydrogen-bond acceptors (Lipinski definition) is 3. The topological polar surface area (TPSA) is 59.8 Å². The van der Waals surface area contributed by atoms with Gasteiger partial charge in [0.25, 0.3) is 5.91 Å². The van der Waals surface area contributed by atoms with Crippen molar-refractivity contribution in [3.63, 3.8) is 0 Å². The molecule has 6 heteroatoms. The lowest BCUT2D eigenvalue weighted by Crippen LogP contribution is -2.13. The number of amides is 1. The van der Waals surface area contributed by atoms with Crippen LogP contribution in [0, 0.1) is 0 Å². The van der Waals surface area contributed by atoms with Crippen LogP contribution in [0.3, 0.4) is 0 Å². The van der Waals surface area contributed by atoms with Gasteiger partial charge in [0.15, 0.2) is 5.65 Å². The number of pyridine rings is 1. The lowest BCUT2D eigenvalue weighted by Gasteiger charge is -2.10. The zero-order chi connectivity index (χ0) is 20.4. The molecule has 0 spiro atoms. The van der Waals surface area contributed by atoms with Gasteiger partial charge < -0.3 is 5.32 Å². The summed E-state index contributed by atoms with van der Waals surface area (Å²) in [6, 6.07) is 17.8. The van der Waals surface area contributed by atoms with Crippen LogP contribution in [0.4, 0.5) is 5.69 Å². The monoisotopic (exact) mass is 404 g/mol. The van der Waals surface area contributed by atoms with Crippen LogP contribution in [-0.2, 0) is 6.54 Å². The van der Waals surface area contributed by atoms with Gasteiger partial charge >= 0.3 is 0 Å². The first-order chi connectivity index (χ1) is 14.0. The number of nitrogens with one attached hydrogen (secondary N) is 1. The van der Waals surface area contributed by atoms with Crippen LogP contribution in [0.2, 0.25) is 5.02 Å². The molecule has 1 amide bonds. The van der Waals surface area contributed by atoms with E-state index < -0.39 is 0 Å². The molecule has 5 nitrogen and oxygen atoms in total. The van der Waals surface area contributed by atoms with Gasteiger partial charge in [-0.1, -0.05) is 67.9 Å². The van der Waals surface area contributed by atoms with Gasteiger partial charge in [-0.3, -0.25) is 4.79 Å². The molecule has 0 atom stereocenters. The number of carbonyl (C=O) groups is 1. The second-order valence-corrected chi connectivity index (χ2v) is 7.62. The van der Waals surface area contributed by atoms with Gasteiger partial charge in [-0.15, -0.1) is 0 Å². The molecule has 146 valence electrons. The first-order valence-corrected chi connectivity index (χ1v) is 9.86. The van der Waals surface area contributed by atoms with E-state index in [0.29, 0.717) is 34.1 Å². The highest BCUT2D eigenvalue weighted by Crippen LogP contribution is 2.27. The number of carbonyl (C=O) groups excluding carboxylic acids is 1. The Labute approximate surface area is 174 Å². The lowest BCUT2D eigenvalue weighted by atomic mass is 10.0. The minimum atomic E-state index is -0.294. The van der Waals surface area contributed by atoms with E-state index in [9.17, 15) is 4.79 Å². The van der Waals surface area contributed by atoms with E-state index in [-0.39, 0.29) is 5.91 Å². The van der Waals surface area contributed by atoms with Crippen molar-refractivity contribution in [3.05, 3.63) is 88.7 Å². The number of aromatic nitrogens is 3. The molecule has 2 aromatic heterocycles. The van der Waals surface area contributed by atoms with Gasteiger partial charge in [0.2, 0.25) is 0 Å². The van der Waals surface area contributed by atoms with E-state index in [0.717, 1.165) is 11.3 Å². The highest BCUT2D eigenvalue weighted by atomic mass is 35.5. The predicted molar refractivity (Wildman–Crippen MR) is 117 cm³/mol. The maximum Gasteiger partial charge on any atom is 0.258 e. The van der Waals surface area contributed by atoms with Crippen molar-refractivity contribution in [1.82, 2.24) is 14.8 Å². The van der Waals surface area contributed by atoms with E-state index >= 15 is 0 Å². The van der Waals surface area contributed by atoms with E-state index in [1.165, 1.54) is 11.8 Å². The molecule has 2 aromatic carbocycles. The molecule has 0 unspecified atom stereocenters. The summed E-state index contributed by atoms with van der Waals surface area (Å²) in [7, 11) is 0. The third kappa shape index (κ3) is 4.00. The standard InChI is InChI=1S/C23H21ClN4O/c1-15(2)17-8-10-18(11-9-17)27-23(29)20-12-25-22-19(21(20)24)13-26-28(22)14-16-6-4-3-5-7-16/h3-13,15H,14H2,1-2H3,(H,27,29). The van der Waals surface area contributed by atoms with Crippen LogP contribution in [0.1, 0.15) is 41.3 Å². The summed E-state index contributed by atoms with van der Waals surface area (Å²) in [6.45, 7) is 4.85. The molecule has 0 fully saturated rings. The fourth-order valence-electron chi connectivity index (χ4n) is 3.18. The first kappa shape index (κ1) is 19.2. The Kier molecular flexibility index (Phi) is 5.32. The number of nitrogens with zero attached hydrogens (tertiary/aromatic N) is 3. The summed E-state index contributed by atoms with van der Waals surface area (Å²) in [5, 5.41) is 8.30. The molecule has 0 aliphatic carbocycles. The van der Waals surface area contributed by atoms with Gasteiger partial charge in [-0.05, 0) is 29.2 Å². The fourth-order valence-corrected chi connectivity index (χ4v) is 3.45. The summed E-state index contributed by atoms with van der Waals surface area (Å²) >= 11 is 6.53. The average Bonchev–Trinajstić information content (AvgIpc) is 3.13. The van der Waals surface area contributed by atoms with Crippen molar-refractivity contribution in [2.45, 2.75) is 26.3 Å². The third-order valence-corrected chi connectivity index (χ3v) is 5.26. The Balaban J connectivity index is 1.58. The van der Waals surface area contributed by atoms with E-state index in [2.05, 4.69) is 29.2 Å². The maximum absolute atomic E-state index is 12.7. The van der Waals surface area contributed by atoms with Crippen molar-refractivity contribution < 1.29 is 4.79 Å². The van der Waals surface area contributed by atoms with Gasteiger partial charge in [-0.25, -0.2) is 9.67 Å². The van der Waals surface area contributed by atoms with Crippen molar-refractivity contribution in [2.75, 3.05) is 5.32 Å². The lowest BCUT2D eigenvalue weighted by molar-refractivity contribution is 0.102. The summed E-state index contributed by atoms with van der Waals surface area (Å²) in [6.07, 6.45) is 3.16. The largest absolute Gasteiger partial charge is 0.322 e. The maximum atomic E-state index is 12.7. The molecule has 0 saturated heterocycles. The minimum absolute atomic E-state index is 0.294. The van der Waals surface area contributed by atoms with Crippen LogP contribution in [0.25, 0.3) is 11.0 Å². The molecule has 0 radical (unpaired) electrons. The predicted octanol–water partition coefficient (Wildman–Crippen LogP) is 5.51. The van der Waals surface area contributed by atoms with Crippen LogP contribution in [0.5, 0.6) is 0 Å². The molecule has 0 aliphatic rings. The van der Waals surface area contributed by atoms with Gasteiger partial charge in [-0.2, -0.15) is 5.10 Å². The Morgan fingerprint density at radius 3 is 2.48 bits per heavy atom. The van der Waals surface area contributed by atoms with Gasteiger partial charge in [0.1, 0.15) is 0 Å². The third-order valence-electron chi connectivity index (χ3n) is 4.86. The molecule has 0 aliphatic heterocycles. The fraction of sp³-hybridized carbons (Fsp3) is 0.174. The molecule has 0 saturated carbocycles. The Hall–Kier alpha value is -3.18. The zero-order valence-electron chi connectivity index (χ0n) is 16.3. The quantitative estimate of drug-likeness (QED) is 0.477. The number of anilines is 1. The summed E-state index contributed by atoms with van der Waals surface area (Å²) in [5.74, 6) is 0.144.